The van der Waals surface area contributed by atoms with E-state index in [0.29, 0.717) is 29.5 Å². The molecule has 8 heteroatoms. The number of rotatable bonds is 3. The van der Waals surface area contributed by atoms with Gasteiger partial charge in [-0.25, -0.2) is 0 Å². The Labute approximate surface area is 174 Å². The highest BCUT2D eigenvalue weighted by Crippen LogP contribution is 2.38. The molecule has 0 aromatic heterocycles. The number of piperidine rings is 2. The SMILES string of the molecule is N[C@@H]1CN(Cc2ccc3c(c2)C(=O)N(C2CCC(=O)NC2=O)C3=O)C[C@H]2CCC[C@H]21. The number of likely N-dealkylation sites (tertiary alicyclic amines) is 1. The molecule has 0 bridgehead atoms. The zero-order chi connectivity index (χ0) is 21.0. The van der Waals surface area contributed by atoms with Crippen molar-refractivity contribution in [2.45, 2.75) is 50.7 Å². The summed E-state index contributed by atoms with van der Waals surface area (Å²) in [5.41, 5.74) is 8.03. The molecule has 30 heavy (non-hydrogen) atoms. The summed E-state index contributed by atoms with van der Waals surface area (Å²) >= 11 is 0. The van der Waals surface area contributed by atoms with Gasteiger partial charge >= 0.3 is 0 Å². The second-order valence-electron chi connectivity index (χ2n) is 9.04. The van der Waals surface area contributed by atoms with Crippen molar-refractivity contribution in [2.75, 3.05) is 13.1 Å². The van der Waals surface area contributed by atoms with Gasteiger partial charge in [0.25, 0.3) is 11.8 Å². The fourth-order valence-corrected chi connectivity index (χ4v) is 5.70. The van der Waals surface area contributed by atoms with Crippen molar-refractivity contribution in [3.63, 3.8) is 0 Å². The van der Waals surface area contributed by atoms with E-state index in [1.807, 2.05) is 6.07 Å². The summed E-state index contributed by atoms with van der Waals surface area (Å²) in [5.74, 6) is -0.617. The zero-order valence-electron chi connectivity index (χ0n) is 16.8. The molecule has 1 aliphatic carbocycles. The van der Waals surface area contributed by atoms with Gasteiger partial charge in [-0.1, -0.05) is 12.5 Å². The number of amides is 4. The second-order valence-corrected chi connectivity index (χ2v) is 9.04. The van der Waals surface area contributed by atoms with E-state index in [1.165, 1.54) is 19.3 Å². The number of nitrogens with one attached hydrogen (secondary N) is 1. The summed E-state index contributed by atoms with van der Waals surface area (Å²) in [5, 5.41) is 2.22. The van der Waals surface area contributed by atoms with Crippen LogP contribution in [-0.2, 0) is 16.1 Å². The van der Waals surface area contributed by atoms with Gasteiger partial charge in [0.05, 0.1) is 11.1 Å². The predicted octanol–water partition coefficient (Wildman–Crippen LogP) is 0.647. The molecule has 0 radical (unpaired) electrons. The second kappa shape index (κ2) is 7.28. The Hall–Kier alpha value is -2.58. The van der Waals surface area contributed by atoms with Crippen molar-refractivity contribution in [1.29, 1.82) is 0 Å². The van der Waals surface area contributed by atoms with Crippen LogP contribution in [0.15, 0.2) is 18.2 Å². The average Bonchev–Trinajstić information content (AvgIpc) is 3.27. The molecule has 3 N–H and O–H groups in total. The van der Waals surface area contributed by atoms with Gasteiger partial charge in [-0.3, -0.25) is 34.3 Å². The topological polar surface area (TPSA) is 113 Å². The van der Waals surface area contributed by atoms with Crippen molar-refractivity contribution in [3.05, 3.63) is 34.9 Å². The Morgan fingerprint density at radius 3 is 2.60 bits per heavy atom. The summed E-state index contributed by atoms with van der Waals surface area (Å²) in [6.45, 7) is 2.54. The third-order valence-corrected chi connectivity index (χ3v) is 7.14. The number of nitrogens with zero attached hydrogens (tertiary/aromatic N) is 2. The van der Waals surface area contributed by atoms with E-state index in [1.54, 1.807) is 12.1 Å². The normalized spacial score (nSPS) is 31.7. The van der Waals surface area contributed by atoms with Crippen LogP contribution in [0.1, 0.15) is 58.4 Å². The summed E-state index contributed by atoms with van der Waals surface area (Å²) in [6, 6.07) is 4.58. The largest absolute Gasteiger partial charge is 0.326 e. The van der Waals surface area contributed by atoms with Crippen molar-refractivity contribution < 1.29 is 19.2 Å². The van der Waals surface area contributed by atoms with Crippen LogP contribution in [0, 0.1) is 11.8 Å². The summed E-state index contributed by atoms with van der Waals surface area (Å²) in [6.07, 6.45) is 3.99. The fourth-order valence-electron chi connectivity index (χ4n) is 5.70. The van der Waals surface area contributed by atoms with E-state index in [-0.39, 0.29) is 24.8 Å². The van der Waals surface area contributed by atoms with Crippen LogP contribution in [0.5, 0.6) is 0 Å². The molecule has 1 unspecified atom stereocenters. The van der Waals surface area contributed by atoms with Gasteiger partial charge in [-0.05, 0) is 48.8 Å². The van der Waals surface area contributed by atoms with Crippen LogP contribution in [-0.4, -0.2) is 58.6 Å². The smallest absolute Gasteiger partial charge is 0.262 e. The van der Waals surface area contributed by atoms with Crippen LogP contribution >= 0.6 is 0 Å². The van der Waals surface area contributed by atoms with Crippen molar-refractivity contribution >= 4 is 23.6 Å². The third-order valence-electron chi connectivity index (χ3n) is 7.14. The van der Waals surface area contributed by atoms with Gasteiger partial charge in [0.15, 0.2) is 0 Å². The van der Waals surface area contributed by atoms with Crippen LogP contribution in [0.3, 0.4) is 0 Å². The van der Waals surface area contributed by atoms with Crippen LogP contribution in [0.25, 0.3) is 0 Å². The summed E-state index contributed by atoms with van der Waals surface area (Å²) in [4.78, 5) is 52.8. The van der Waals surface area contributed by atoms with E-state index in [9.17, 15) is 19.2 Å². The van der Waals surface area contributed by atoms with E-state index >= 15 is 0 Å². The number of hydrogen-bond donors (Lipinski definition) is 2. The minimum absolute atomic E-state index is 0.117. The van der Waals surface area contributed by atoms with E-state index in [4.69, 9.17) is 5.73 Å². The fraction of sp³-hybridized carbons (Fsp3) is 0.545. The third kappa shape index (κ3) is 3.15. The summed E-state index contributed by atoms with van der Waals surface area (Å²) in [7, 11) is 0. The minimum Gasteiger partial charge on any atom is -0.326 e. The van der Waals surface area contributed by atoms with Crippen molar-refractivity contribution in [2.24, 2.45) is 17.6 Å². The molecule has 1 aromatic carbocycles. The first-order chi connectivity index (χ1) is 14.4. The lowest BCUT2D eigenvalue weighted by molar-refractivity contribution is -0.136. The molecule has 5 rings (SSSR count). The molecule has 3 heterocycles. The number of benzene rings is 1. The molecule has 4 aliphatic rings. The number of nitrogens with two attached hydrogens (primary N) is 1. The number of imide groups is 2. The van der Waals surface area contributed by atoms with Crippen LogP contribution in [0.2, 0.25) is 0 Å². The lowest BCUT2D eigenvalue weighted by atomic mass is 9.85. The Balaban J connectivity index is 1.34. The lowest BCUT2D eigenvalue weighted by Gasteiger charge is -2.39. The molecular formula is C22H26N4O4. The first-order valence-corrected chi connectivity index (χ1v) is 10.7. The molecule has 4 atom stereocenters. The van der Waals surface area contributed by atoms with E-state index in [0.717, 1.165) is 23.6 Å². The Kier molecular flexibility index (Phi) is 4.71. The van der Waals surface area contributed by atoms with Gasteiger partial charge in [-0.15, -0.1) is 0 Å². The molecule has 2 saturated heterocycles. The molecule has 1 saturated carbocycles. The predicted molar refractivity (Wildman–Crippen MR) is 107 cm³/mol. The Morgan fingerprint density at radius 1 is 1.00 bits per heavy atom. The first kappa shape index (κ1) is 19.4. The number of carbonyl (C=O) groups is 4. The molecule has 4 amide bonds. The molecule has 3 fully saturated rings. The number of fused-ring (bicyclic) bond motifs is 2. The van der Waals surface area contributed by atoms with Crippen molar-refractivity contribution in [3.8, 4) is 0 Å². The molecule has 1 aromatic rings. The van der Waals surface area contributed by atoms with Gasteiger partial charge in [0.1, 0.15) is 6.04 Å². The van der Waals surface area contributed by atoms with Gasteiger partial charge in [0, 0.05) is 32.1 Å². The van der Waals surface area contributed by atoms with Crippen LogP contribution in [0.4, 0.5) is 0 Å². The summed E-state index contributed by atoms with van der Waals surface area (Å²) < 4.78 is 0. The molecule has 8 nitrogen and oxygen atoms in total. The average molecular weight is 410 g/mol. The maximum absolute atomic E-state index is 13.0. The highest BCUT2D eigenvalue weighted by atomic mass is 16.2. The van der Waals surface area contributed by atoms with Crippen LogP contribution < -0.4 is 11.1 Å². The quantitative estimate of drug-likeness (QED) is 0.708. The monoisotopic (exact) mass is 410 g/mol. The van der Waals surface area contributed by atoms with Gasteiger partial charge in [-0.2, -0.15) is 0 Å². The number of hydrogen-bond acceptors (Lipinski definition) is 6. The van der Waals surface area contributed by atoms with E-state index in [2.05, 4.69) is 10.2 Å². The highest BCUT2D eigenvalue weighted by Gasteiger charge is 2.45. The molecular weight excluding hydrogens is 384 g/mol. The molecule has 3 aliphatic heterocycles. The van der Waals surface area contributed by atoms with E-state index < -0.39 is 23.8 Å². The molecule has 0 spiro atoms. The first-order valence-electron chi connectivity index (χ1n) is 10.7. The maximum Gasteiger partial charge on any atom is 0.262 e. The molecule has 158 valence electrons. The van der Waals surface area contributed by atoms with Gasteiger partial charge in [0.2, 0.25) is 11.8 Å². The Bertz CT molecular complexity index is 945. The standard InChI is InChI=1S/C22H26N4O4/c23-17-11-25(10-13-2-1-3-14(13)17)9-12-4-5-15-16(8-12)22(30)26(21(15)29)18-6-7-19(27)24-20(18)28/h4-5,8,13-14,17-18H,1-3,6-7,9-11,23H2,(H,24,27,28)/t13-,14-,17-,18?/m1/s1. The van der Waals surface area contributed by atoms with Crippen molar-refractivity contribution in [1.82, 2.24) is 15.1 Å². The Morgan fingerprint density at radius 2 is 1.80 bits per heavy atom. The zero-order valence-corrected chi connectivity index (χ0v) is 16.8. The minimum atomic E-state index is -0.932. The maximum atomic E-state index is 13.0. The van der Waals surface area contributed by atoms with Gasteiger partial charge < -0.3 is 5.73 Å². The highest BCUT2D eigenvalue weighted by molar-refractivity contribution is 6.23. The number of carbonyl (C=O) groups excluding carboxylic acids is 4. The lowest BCUT2D eigenvalue weighted by Crippen LogP contribution is -2.54.